The van der Waals surface area contributed by atoms with Crippen LogP contribution >= 0.6 is 0 Å². The molecule has 3 aliphatic rings. The number of fused-ring (bicyclic) bond motifs is 1. The number of aliphatic hydroxyl groups excluding tert-OH is 1. The molecule has 1 aromatic rings. The molecule has 1 spiro atoms. The smallest absolute Gasteiger partial charge is 0.248 e. The van der Waals surface area contributed by atoms with Crippen molar-refractivity contribution in [3.05, 3.63) is 61.2 Å². The quantitative estimate of drug-likeness (QED) is 0.380. The molecule has 3 fully saturated rings. The third kappa shape index (κ3) is 4.79. The van der Waals surface area contributed by atoms with E-state index in [0.29, 0.717) is 26.1 Å². The van der Waals surface area contributed by atoms with Crippen molar-refractivity contribution in [1.29, 1.82) is 0 Å². The first-order chi connectivity index (χ1) is 19.1. The van der Waals surface area contributed by atoms with Crippen LogP contribution in [0, 0.1) is 17.8 Å². The minimum atomic E-state index is -1.14. The molecule has 3 saturated heterocycles. The number of amides is 3. The predicted octanol–water partition coefficient (Wildman–Crippen LogP) is 3.41. The van der Waals surface area contributed by atoms with Gasteiger partial charge in [-0.3, -0.25) is 14.4 Å². The van der Waals surface area contributed by atoms with E-state index in [1.165, 1.54) is 4.90 Å². The first kappa shape index (κ1) is 30.0. The molecule has 0 saturated carbocycles. The summed E-state index contributed by atoms with van der Waals surface area (Å²) in [7, 11) is 0. The molecule has 2 bridgehead atoms. The molecule has 4 rings (SSSR count). The summed E-state index contributed by atoms with van der Waals surface area (Å²) < 4.78 is 6.85. The summed E-state index contributed by atoms with van der Waals surface area (Å²) in [6.45, 7) is 16.5. The van der Waals surface area contributed by atoms with Crippen molar-refractivity contribution in [2.45, 2.75) is 76.8 Å². The zero-order valence-corrected chi connectivity index (χ0v) is 24.4. The van der Waals surface area contributed by atoms with Gasteiger partial charge in [0.15, 0.2) is 0 Å². The highest BCUT2D eigenvalue weighted by atomic mass is 16.5. The highest BCUT2D eigenvalue weighted by molar-refractivity contribution is 5.99. The third-order valence-corrected chi connectivity index (χ3v) is 9.38. The van der Waals surface area contributed by atoms with Gasteiger partial charge in [-0.1, -0.05) is 62.8 Å². The lowest BCUT2D eigenvalue weighted by Crippen LogP contribution is -2.58. The number of likely N-dealkylation sites (tertiary alicyclic amines) is 1. The number of nitrogens with zero attached hydrogens (tertiary/aromatic N) is 3. The van der Waals surface area contributed by atoms with Crippen LogP contribution in [-0.4, -0.2) is 87.1 Å². The molecule has 218 valence electrons. The van der Waals surface area contributed by atoms with E-state index < -0.39 is 29.1 Å². The third-order valence-electron chi connectivity index (χ3n) is 9.38. The molecule has 0 aliphatic carbocycles. The van der Waals surface area contributed by atoms with Crippen LogP contribution in [0.25, 0.3) is 0 Å². The number of aliphatic hydroxyl groups is 1. The zero-order valence-electron chi connectivity index (χ0n) is 24.4. The summed E-state index contributed by atoms with van der Waals surface area (Å²) >= 11 is 0. The van der Waals surface area contributed by atoms with Crippen LogP contribution in [-0.2, 0) is 25.7 Å². The summed E-state index contributed by atoms with van der Waals surface area (Å²) in [5.74, 6) is -2.29. The van der Waals surface area contributed by atoms with Crippen molar-refractivity contribution in [2.75, 3.05) is 26.2 Å². The van der Waals surface area contributed by atoms with Gasteiger partial charge in [0.05, 0.1) is 24.0 Å². The number of benzene rings is 1. The summed E-state index contributed by atoms with van der Waals surface area (Å²) in [6, 6.07) is 8.76. The van der Waals surface area contributed by atoms with Crippen LogP contribution in [0.15, 0.2) is 55.6 Å². The van der Waals surface area contributed by atoms with Crippen LogP contribution in [0.5, 0.6) is 0 Å². The second-order valence-corrected chi connectivity index (χ2v) is 11.9. The molecule has 3 heterocycles. The molecule has 8 heteroatoms. The fraction of sp³-hybridized carbons (Fsp3) is 0.594. The Hall–Kier alpha value is -2.97. The second kappa shape index (κ2) is 11.9. The van der Waals surface area contributed by atoms with Crippen LogP contribution in [0.1, 0.15) is 52.5 Å². The average Bonchev–Trinajstić information content (AvgIpc) is 3.44. The molecule has 0 radical (unpaired) electrons. The van der Waals surface area contributed by atoms with Gasteiger partial charge in [0.1, 0.15) is 11.6 Å². The highest BCUT2D eigenvalue weighted by Crippen LogP contribution is 2.65. The molecule has 3 aliphatic heterocycles. The molecule has 40 heavy (non-hydrogen) atoms. The molecular weight excluding hydrogens is 506 g/mol. The number of carbonyl (C=O) groups is 3. The highest BCUT2D eigenvalue weighted by Gasteiger charge is 2.80. The molecule has 7 atom stereocenters. The molecular formula is C32H45N3O5. The first-order valence-corrected chi connectivity index (χ1v) is 14.6. The molecule has 0 aromatic heterocycles. The van der Waals surface area contributed by atoms with E-state index in [4.69, 9.17) is 4.74 Å². The van der Waals surface area contributed by atoms with Gasteiger partial charge in [-0.15, -0.1) is 13.2 Å². The minimum Gasteiger partial charge on any atom is -0.395 e. The maximum Gasteiger partial charge on any atom is 0.248 e. The molecule has 3 amide bonds. The summed E-state index contributed by atoms with van der Waals surface area (Å²) in [4.78, 5) is 48.0. The number of hydrogen-bond donors (Lipinski definition) is 1. The van der Waals surface area contributed by atoms with Gasteiger partial charge in [0.2, 0.25) is 17.7 Å². The van der Waals surface area contributed by atoms with E-state index in [1.54, 1.807) is 22.0 Å². The van der Waals surface area contributed by atoms with Gasteiger partial charge < -0.3 is 24.5 Å². The van der Waals surface area contributed by atoms with E-state index >= 15 is 0 Å². The zero-order chi connectivity index (χ0) is 29.2. The van der Waals surface area contributed by atoms with Gasteiger partial charge >= 0.3 is 0 Å². The normalized spacial score (nSPS) is 31.1. The van der Waals surface area contributed by atoms with Crippen molar-refractivity contribution in [3.8, 4) is 0 Å². The van der Waals surface area contributed by atoms with Gasteiger partial charge in [0, 0.05) is 32.2 Å². The van der Waals surface area contributed by atoms with Crippen LogP contribution < -0.4 is 0 Å². The fourth-order valence-corrected chi connectivity index (χ4v) is 7.49. The molecule has 1 aromatic carbocycles. The topological polar surface area (TPSA) is 90.4 Å². The SMILES string of the molecule is C=CCN(Cc1ccccc1)C(=O)[C@@H]1[C@H]2C(=O)N(CCO)C(C(=O)N(CC=C)C(C)CCC)C23CC(C)[C@@]1(C)O3. The van der Waals surface area contributed by atoms with E-state index in [2.05, 4.69) is 20.1 Å². The lowest BCUT2D eigenvalue weighted by atomic mass is 9.62. The maximum absolute atomic E-state index is 14.4. The van der Waals surface area contributed by atoms with E-state index in [9.17, 15) is 19.5 Å². The Morgan fingerprint density at radius 1 is 1.20 bits per heavy atom. The van der Waals surface area contributed by atoms with E-state index in [-0.39, 0.29) is 42.8 Å². The summed E-state index contributed by atoms with van der Waals surface area (Å²) in [5.41, 5.74) is -1.07. The Labute approximate surface area is 238 Å². The van der Waals surface area contributed by atoms with Crippen LogP contribution in [0.4, 0.5) is 0 Å². The molecule has 4 unspecified atom stereocenters. The average molecular weight is 552 g/mol. The Balaban J connectivity index is 1.77. The summed E-state index contributed by atoms with van der Waals surface area (Å²) in [5, 5.41) is 9.95. The summed E-state index contributed by atoms with van der Waals surface area (Å²) in [6.07, 6.45) is 5.60. The number of hydrogen-bond acceptors (Lipinski definition) is 5. The van der Waals surface area contributed by atoms with Crippen molar-refractivity contribution < 1.29 is 24.2 Å². The largest absolute Gasteiger partial charge is 0.395 e. The van der Waals surface area contributed by atoms with Crippen molar-refractivity contribution in [2.24, 2.45) is 17.8 Å². The van der Waals surface area contributed by atoms with E-state index in [1.807, 2.05) is 51.1 Å². The van der Waals surface area contributed by atoms with Gasteiger partial charge in [0.25, 0.3) is 0 Å². The van der Waals surface area contributed by atoms with Gasteiger partial charge in [-0.25, -0.2) is 0 Å². The number of β-amino-alcohol motifs (C(OH)–C–C–N with tert-alkyl or cyclic N) is 1. The van der Waals surface area contributed by atoms with Crippen LogP contribution in [0.3, 0.4) is 0 Å². The molecule has 1 N–H and O–H groups in total. The van der Waals surface area contributed by atoms with Crippen molar-refractivity contribution in [3.63, 3.8) is 0 Å². The van der Waals surface area contributed by atoms with Gasteiger partial charge in [-0.2, -0.15) is 0 Å². The van der Waals surface area contributed by atoms with Crippen molar-refractivity contribution in [1.82, 2.24) is 14.7 Å². The lowest BCUT2D eigenvalue weighted by Gasteiger charge is -2.39. The fourth-order valence-electron chi connectivity index (χ4n) is 7.49. The second-order valence-electron chi connectivity index (χ2n) is 11.9. The minimum absolute atomic E-state index is 0.00727. The Bertz CT molecular complexity index is 1120. The number of rotatable bonds is 13. The Morgan fingerprint density at radius 2 is 1.88 bits per heavy atom. The van der Waals surface area contributed by atoms with Crippen molar-refractivity contribution >= 4 is 17.7 Å². The predicted molar refractivity (Wildman–Crippen MR) is 154 cm³/mol. The monoisotopic (exact) mass is 551 g/mol. The number of carbonyl (C=O) groups excluding carboxylic acids is 3. The Kier molecular flexibility index (Phi) is 8.90. The lowest BCUT2D eigenvalue weighted by molar-refractivity contribution is -0.156. The van der Waals surface area contributed by atoms with E-state index in [0.717, 1.165) is 18.4 Å². The standard InChI is InChI=1S/C32H45N3O5/c1-7-13-23(5)34(17-9-3)30(39)27-32-20-22(4)31(6,40-32)25(26(32)29(38)35(27)18-19-36)28(37)33(16-8-2)21-24-14-11-10-12-15-24/h8-12,14-15,22-23,25-27,36H,2-3,7,13,16-21H2,1,4-6H3/t22?,23?,25-,26-,27?,31+,32?/m0/s1. The maximum atomic E-state index is 14.4. The number of ether oxygens (including phenoxy) is 1. The first-order valence-electron chi connectivity index (χ1n) is 14.6. The Morgan fingerprint density at radius 3 is 2.48 bits per heavy atom. The van der Waals surface area contributed by atoms with Gasteiger partial charge in [-0.05, 0) is 38.2 Å². The molecule has 8 nitrogen and oxygen atoms in total. The van der Waals surface area contributed by atoms with Crippen LogP contribution in [0.2, 0.25) is 0 Å².